The monoisotopic (exact) mass is 273 g/mol. The Morgan fingerprint density at radius 3 is 2.68 bits per heavy atom. The fourth-order valence-electron chi connectivity index (χ4n) is 2.40. The molecule has 3 heteroatoms. The quantitative estimate of drug-likeness (QED) is 0.754. The standard InChI is InChI=1S/C16H23NOSi/c1-12-8-14(16-6-7-17-11-13(16)2)10-15(9-12)18-19(3,4)5/h6-7,9-12H,8H2,1-5H3. The van der Waals surface area contributed by atoms with Crippen LogP contribution in [-0.4, -0.2) is 13.3 Å². The molecule has 0 fully saturated rings. The van der Waals surface area contributed by atoms with Crippen LogP contribution in [0, 0.1) is 12.8 Å². The normalized spacial score (nSPS) is 19.7. The van der Waals surface area contributed by atoms with Gasteiger partial charge >= 0.3 is 0 Å². The maximum absolute atomic E-state index is 6.15. The van der Waals surface area contributed by atoms with Gasteiger partial charge in [0.1, 0.15) is 0 Å². The van der Waals surface area contributed by atoms with Gasteiger partial charge in [-0.25, -0.2) is 0 Å². The van der Waals surface area contributed by atoms with Gasteiger partial charge in [-0.15, -0.1) is 0 Å². The predicted octanol–water partition coefficient (Wildman–Crippen LogP) is 4.55. The summed E-state index contributed by atoms with van der Waals surface area (Å²) in [5.74, 6) is 1.57. The highest BCUT2D eigenvalue weighted by Crippen LogP contribution is 2.32. The molecule has 1 unspecified atom stereocenters. The van der Waals surface area contributed by atoms with Crippen molar-refractivity contribution < 1.29 is 4.43 Å². The first-order chi connectivity index (χ1) is 8.85. The fourth-order valence-corrected chi connectivity index (χ4v) is 3.24. The van der Waals surface area contributed by atoms with E-state index in [0.29, 0.717) is 5.92 Å². The van der Waals surface area contributed by atoms with Gasteiger partial charge in [0.25, 0.3) is 0 Å². The molecule has 0 spiro atoms. The molecule has 1 atom stereocenters. The first-order valence-corrected chi connectivity index (χ1v) is 10.3. The van der Waals surface area contributed by atoms with E-state index >= 15 is 0 Å². The molecule has 0 radical (unpaired) electrons. The molecule has 1 aliphatic carbocycles. The van der Waals surface area contributed by atoms with Crippen molar-refractivity contribution in [3.8, 4) is 0 Å². The van der Waals surface area contributed by atoms with Crippen molar-refractivity contribution in [1.82, 2.24) is 4.98 Å². The summed E-state index contributed by atoms with van der Waals surface area (Å²) in [4.78, 5) is 4.17. The van der Waals surface area contributed by atoms with Gasteiger partial charge in [-0.05, 0) is 73.8 Å². The summed E-state index contributed by atoms with van der Waals surface area (Å²) in [5, 5.41) is 0. The van der Waals surface area contributed by atoms with Gasteiger partial charge < -0.3 is 4.43 Å². The number of hydrogen-bond acceptors (Lipinski definition) is 2. The molecule has 0 bridgehead atoms. The summed E-state index contributed by atoms with van der Waals surface area (Å²) in [7, 11) is -1.54. The van der Waals surface area contributed by atoms with Gasteiger partial charge in [0, 0.05) is 12.4 Å². The molecule has 2 rings (SSSR count). The molecule has 1 heterocycles. The fraction of sp³-hybridized carbons (Fsp3) is 0.438. The Balaban J connectivity index is 2.32. The molecule has 0 N–H and O–H groups in total. The number of hydrogen-bond donors (Lipinski definition) is 0. The van der Waals surface area contributed by atoms with E-state index in [0.717, 1.165) is 12.2 Å². The third kappa shape index (κ3) is 3.80. The smallest absolute Gasteiger partial charge is 0.242 e. The average molecular weight is 273 g/mol. The van der Waals surface area contributed by atoms with Crippen LogP contribution in [0.2, 0.25) is 19.6 Å². The first-order valence-electron chi connectivity index (χ1n) is 6.87. The van der Waals surface area contributed by atoms with Crippen molar-refractivity contribution in [1.29, 1.82) is 0 Å². The van der Waals surface area contributed by atoms with Crippen LogP contribution in [0.1, 0.15) is 24.5 Å². The van der Waals surface area contributed by atoms with E-state index in [1.807, 2.05) is 12.4 Å². The first kappa shape index (κ1) is 14.1. The molecule has 102 valence electrons. The van der Waals surface area contributed by atoms with Gasteiger partial charge in [0.15, 0.2) is 0 Å². The number of nitrogens with zero attached hydrogens (tertiary/aromatic N) is 1. The number of allylic oxidation sites excluding steroid dienone is 3. The number of pyridine rings is 1. The SMILES string of the molecule is Cc1cnccc1C1=CC(O[Si](C)(C)C)=CC(C)C1. The van der Waals surface area contributed by atoms with E-state index in [4.69, 9.17) is 4.43 Å². The minimum Gasteiger partial charge on any atom is -0.545 e. The zero-order valence-electron chi connectivity index (χ0n) is 12.5. The third-order valence-corrected chi connectivity index (χ3v) is 3.95. The topological polar surface area (TPSA) is 22.1 Å². The number of rotatable bonds is 3. The zero-order valence-corrected chi connectivity index (χ0v) is 13.5. The second-order valence-corrected chi connectivity index (χ2v) is 10.8. The van der Waals surface area contributed by atoms with Gasteiger partial charge in [-0.3, -0.25) is 4.98 Å². The van der Waals surface area contributed by atoms with E-state index in [1.54, 1.807) is 0 Å². The van der Waals surface area contributed by atoms with Crippen LogP contribution in [0.3, 0.4) is 0 Å². The molecule has 0 aliphatic heterocycles. The van der Waals surface area contributed by atoms with Crippen molar-refractivity contribution >= 4 is 13.9 Å². The average Bonchev–Trinajstić information content (AvgIpc) is 2.26. The maximum Gasteiger partial charge on any atom is 0.242 e. The van der Waals surface area contributed by atoms with Crippen molar-refractivity contribution in [2.75, 3.05) is 0 Å². The van der Waals surface area contributed by atoms with Crippen molar-refractivity contribution in [2.24, 2.45) is 5.92 Å². The Morgan fingerprint density at radius 2 is 2.05 bits per heavy atom. The highest BCUT2D eigenvalue weighted by Gasteiger charge is 2.21. The summed E-state index contributed by atoms with van der Waals surface area (Å²) in [6.45, 7) is 11.0. The molecule has 0 saturated heterocycles. The molecular weight excluding hydrogens is 250 g/mol. The van der Waals surface area contributed by atoms with Crippen LogP contribution in [0.15, 0.2) is 36.4 Å². The lowest BCUT2D eigenvalue weighted by Crippen LogP contribution is -2.25. The number of aromatic nitrogens is 1. The molecule has 2 nitrogen and oxygen atoms in total. The molecule has 1 aliphatic rings. The van der Waals surface area contributed by atoms with Gasteiger partial charge in [-0.2, -0.15) is 0 Å². The van der Waals surface area contributed by atoms with E-state index < -0.39 is 8.32 Å². The predicted molar refractivity (Wildman–Crippen MR) is 83.2 cm³/mol. The summed E-state index contributed by atoms with van der Waals surface area (Å²) in [6.07, 6.45) is 9.33. The minimum atomic E-state index is -1.54. The van der Waals surface area contributed by atoms with Crippen molar-refractivity contribution in [3.63, 3.8) is 0 Å². The molecule has 0 saturated carbocycles. The van der Waals surface area contributed by atoms with Crippen LogP contribution < -0.4 is 0 Å². The molecule has 19 heavy (non-hydrogen) atoms. The lowest BCUT2D eigenvalue weighted by Gasteiger charge is -2.25. The van der Waals surface area contributed by atoms with E-state index in [9.17, 15) is 0 Å². The Morgan fingerprint density at radius 1 is 1.32 bits per heavy atom. The van der Waals surface area contributed by atoms with Crippen molar-refractivity contribution in [2.45, 2.75) is 39.9 Å². The second kappa shape index (κ2) is 5.33. The van der Waals surface area contributed by atoms with Crippen LogP contribution in [0.5, 0.6) is 0 Å². The lowest BCUT2D eigenvalue weighted by molar-refractivity contribution is 0.430. The van der Waals surface area contributed by atoms with E-state index in [-0.39, 0.29) is 0 Å². The highest BCUT2D eigenvalue weighted by atomic mass is 28.4. The Labute approximate surface area is 117 Å². The Hall–Kier alpha value is -1.35. The molecule has 0 amide bonds. The summed E-state index contributed by atoms with van der Waals surface area (Å²) >= 11 is 0. The molecule has 1 aromatic rings. The van der Waals surface area contributed by atoms with Gasteiger partial charge in [0.2, 0.25) is 8.32 Å². The van der Waals surface area contributed by atoms with Crippen molar-refractivity contribution in [3.05, 3.63) is 47.5 Å². The Kier molecular flexibility index (Phi) is 3.95. The maximum atomic E-state index is 6.15. The third-order valence-electron chi connectivity index (χ3n) is 3.10. The van der Waals surface area contributed by atoms with E-state index in [1.165, 1.54) is 16.7 Å². The number of aryl methyl sites for hydroxylation is 1. The van der Waals surface area contributed by atoms with E-state index in [2.05, 4.69) is 56.7 Å². The lowest BCUT2D eigenvalue weighted by atomic mass is 9.89. The second-order valence-electron chi connectivity index (χ2n) is 6.33. The van der Waals surface area contributed by atoms with Gasteiger partial charge in [0.05, 0.1) is 5.76 Å². The minimum absolute atomic E-state index is 0.527. The summed E-state index contributed by atoms with van der Waals surface area (Å²) in [6, 6.07) is 2.10. The molecule has 0 aromatic carbocycles. The molecular formula is C16H23NOSi. The van der Waals surface area contributed by atoms with Gasteiger partial charge in [-0.1, -0.05) is 6.92 Å². The van der Waals surface area contributed by atoms with Crippen LogP contribution in [0.4, 0.5) is 0 Å². The van der Waals surface area contributed by atoms with Crippen LogP contribution in [-0.2, 0) is 4.43 Å². The Bertz CT molecular complexity index is 526. The van der Waals surface area contributed by atoms with Crippen LogP contribution in [0.25, 0.3) is 5.57 Å². The zero-order chi connectivity index (χ0) is 14.0. The summed E-state index contributed by atoms with van der Waals surface area (Å²) in [5.41, 5.74) is 3.89. The molecule has 1 aromatic heterocycles. The highest BCUT2D eigenvalue weighted by molar-refractivity contribution is 6.70. The largest absolute Gasteiger partial charge is 0.545 e. The summed E-state index contributed by atoms with van der Waals surface area (Å²) < 4.78 is 6.15. The van der Waals surface area contributed by atoms with Crippen LogP contribution >= 0.6 is 0 Å².